The van der Waals surface area contributed by atoms with Gasteiger partial charge >= 0.3 is 15.5 Å². The summed E-state index contributed by atoms with van der Waals surface area (Å²) < 4.78 is 65.2. The molecule has 0 N–H and O–H groups in total. The first-order chi connectivity index (χ1) is 5.83. The van der Waals surface area contributed by atoms with Gasteiger partial charge in [-0.15, -0.1) is 7.54 Å². The third kappa shape index (κ3) is 2.75. The van der Waals surface area contributed by atoms with Crippen LogP contribution in [0.2, 0.25) is 0 Å². The Bertz CT molecular complexity index is 401. The first-order valence-corrected chi connectivity index (χ1v) is 6.97. The van der Waals surface area contributed by atoms with Gasteiger partial charge in [-0.3, -0.25) is 0 Å². The number of alkyl halides is 3. The van der Waals surface area contributed by atoms with E-state index in [1.54, 1.807) is 0 Å². The normalized spacial score (nSPS) is 23.5. The molecular formula is CF3N3O2S4. The van der Waals surface area contributed by atoms with Gasteiger partial charge < -0.3 is 0 Å². The van der Waals surface area contributed by atoms with Crippen molar-refractivity contribution in [3.63, 3.8) is 0 Å². The summed E-state index contributed by atoms with van der Waals surface area (Å²) in [6.07, 6.45) is 0. The van der Waals surface area contributed by atoms with E-state index in [4.69, 9.17) is 0 Å². The highest BCUT2D eigenvalue weighted by atomic mass is 33.1. The highest BCUT2D eigenvalue weighted by molar-refractivity contribution is 8.71. The standard InChI is InChI=1S/CF3N3O2S4/c2-1(3,4)13(8,9)7-12-6-10-5-11-12. The fourth-order valence-corrected chi connectivity index (χ4v) is 4.93. The summed E-state index contributed by atoms with van der Waals surface area (Å²) in [5.41, 5.74) is -5.36. The molecule has 0 aromatic carbocycles. The second kappa shape index (κ2) is 3.67. The van der Waals surface area contributed by atoms with Gasteiger partial charge in [0, 0.05) is 0 Å². The van der Waals surface area contributed by atoms with E-state index in [0.29, 0.717) is 22.3 Å². The molecule has 1 heterocycles. The highest BCUT2D eigenvalue weighted by Crippen LogP contribution is 2.28. The van der Waals surface area contributed by atoms with Crippen LogP contribution in [0.3, 0.4) is 0 Å². The van der Waals surface area contributed by atoms with Crippen molar-refractivity contribution >= 4 is 42.3 Å². The van der Waals surface area contributed by atoms with E-state index in [1.807, 2.05) is 0 Å². The summed E-state index contributed by atoms with van der Waals surface area (Å²) in [4.78, 5) is 0. The predicted octanol–water partition coefficient (Wildman–Crippen LogP) is 1.58. The molecule has 0 spiro atoms. The quantitative estimate of drug-likeness (QED) is 0.537. The maximum atomic E-state index is 11.7. The zero-order valence-corrected chi connectivity index (χ0v) is 8.69. The Kier molecular flexibility index (Phi) is 3.14. The molecule has 76 valence electrons. The third-order valence-electron chi connectivity index (χ3n) is 0.682. The molecule has 0 aliphatic carbocycles. The van der Waals surface area contributed by atoms with E-state index in [1.165, 1.54) is 0 Å². The SMILES string of the molecule is O=S(=O)(/N=S1/N=S=NS1)C(F)(F)F. The van der Waals surface area contributed by atoms with Gasteiger partial charge in [0.2, 0.25) is 0 Å². The number of nitrogens with zero attached hydrogens (tertiary/aromatic N) is 3. The molecule has 0 amide bonds. The van der Waals surface area contributed by atoms with Crippen LogP contribution in [0.25, 0.3) is 0 Å². The summed E-state index contributed by atoms with van der Waals surface area (Å²) in [5.74, 6) is 0. The summed E-state index contributed by atoms with van der Waals surface area (Å²) in [6.45, 7) is 0. The van der Waals surface area contributed by atoms with E-state index in [9.17, 15) is 21.6 Å². The van der Waals surface area contributed by atoms with Crippen LogP contribution in [0, 0.1) is 0 Å². The first kappa shape index (κ1) is 11.1. The van der Waals surface area contributed by atoms with Gasteiger partial charge in [0.15, 0.2) is 0 Å². The van der Waals surface area contributed by atoms with Crippen molar-refractivity contribution in [3.8, 4) is 0 Å². The molecule has 0 fully saturated rings. The zero-order chi connectivity index (χ0) is 10.1. The molecule has 0 aromatic rings. The van der Waals surface area contributed by atoms with Crippen molar-refractivity contribution in [2.45, 2.75) is 5.51 Å². The zero-order valence-electron chi connectivity index (χ0n) is 5.43. The molecule has 13 heavy (non-hydrogen) atoms. The molecule has 0 bridgehead atoms. The minimum atomic E-state index is -5.43. The summed E-state index contributed by atoms with van der Waals surface area (Å²) >= 11 is 0.633. The summed E-state index contributed by atoms with van der Waals surface area (Å²) in [5, 5.41) is 0. The lowest BCUT2D eigenvalue weighted by Gasteiger charge is -2.01. The van der Waals surface area contributed by atoms with Crippen LogP contribution in [0.5, 0.6) is 0 Å². The van der Waals surface area contributed by atoms with E-state index >= 15 is 0 Å². The largest absolute Gasteiger partial charge is 0.519 e. The van der Waals surface area contributed by atoms with Crippen LogP contribution in [-0.2, 0) is 31.3 Å². The molecule has 0 saturated carbocycles. The average molecular weight is 271 g/mol. The Balaban J connectivity index is 2.98. The molecule has 0 aromatic heterocycles. The minimum Gasteiger partial charge on any atom is -0.194 e. The van der Waals surface area contributed by atoms with Crippen molar-refractivity contribution in [2.75, 3.05) is 0 Å². The van der Waals surface area contributed by atoms with Gasteiger partial charge in [-0.2, -0.15) is 21.6 Å². The predicted molar refractivity (Wildman–Crippen MR) is 44.6 cm³/mol. The number of hydrogen-bond donors (Lipinski definition) is 0. The fraction of sp³-hybridized carbons (Fsp3) is 1.00. The van der Waals surface area contributed by atoms with Crippen LogP contribution >= 0.6 is 11.0 Å². The van der Waals surface area contributed by atoms with Crippen molar-refractivity contribution in [1.82, 2.24) is 0 Å². The molecule has 1 unspecified atom stereocenters. The Morgan fingerprint density at radius 1 is 1.38 bits per heavy atom. The van der Waals surface area contributed by atoms with E-state index in [-0.39, 0.29) is 0 Å². The Labute approximate surface area is 80.8 Å². The number of halogens is 3. The fourth-order valence-electron chi connectivity index (χ4n) is 0.250. The van der Waals surface area contributed by atoms with Crippen molar-refractivity contribution in [2.24, 2.45) is 11.3 Å². The lowest BCUT2D eigenvalue weighted by molar-refractivity contribution is -0.0434. The Morgan fingerprint density at radius 3 is 2.38 bits per heavy atom. The lowest BCUT2D eigenvalue weighted by Crippen LogP contribution is -2.20. The van der Waals surface area contributed by atoms with Gasteiger partial charge in [0.05, 0.1) is 22.3 Å². The molecule has 5 nitrogen and oxygen atoms in total. The Morgan fingerprint density at radius 2 is 2.00 bits per heavy atom. The Hall–Kier alpha value is 0.0600. The molecule has 1 aliphatic rings. The van der Waals surface area contributed by atoms with Crippen LogP contribution in [0.1, 0.15) is 0 Å². The van der Waals surface area contributed by atoms with E-state index < -0.39 is 25.4 Å². The maximum Gasteiger partial charge on any atom is 0.519 e. The van der Waals surface area contributed by atoms with Crippen molar-refractivity contribution in [1.29, 1.82) is 0 Å². The van der Waals surface area contributed by atoms with Crippen LogP contribution in [0.4, 0.5) is 13.2 Å². The van der Waals surface area contributed by atoms with Gasteiger partial charge in [0.1, 0.15) is 9.91 Å². The third-order valence-corrected chi connectivity index (χ3v) is 6.03. The molecule has 1 rings (SSSR count). The van der Waals surface area contributed by atoms with E-state index in [0.717, 1.165) is 0 Å². The van der Waals surface area contributed by atoms with Gasteiger partial charge in [-0.05, 0) is 0 Å². The molecule has 12 heteroatoms. The number of hydrogen-bond acceptors (Lipinski definition) is 4. The average Bonchev–Trinajstić information content (AvgIpc) is 2.35. The molecule has 1 atom stereocenters. The maximum absolute atomic E-state index is 11.7. The second-order valence-corrected chi connectivity index (χ2v) is 6.85. The van der Waals surface area contributed by atoms with Gasteiger partial charge in [0.25, 0.3) is 0 Å². The van der Waals surface area contributed by atoms with Crippen LogP contribution < -0.4 is 0 Å². The van der Waals surface area contributed by atoms with Crippen LogP contribution in [-0.4, -0.2) is 13.9 Å². The number of rotatable bonds is 1. The van der Waals surface area contributed by atoms with E-state index in [2.05, 4.69) is 11.3 Å². The molecular weight excluding hydrogens is 271 g/mol. The smallest absolute Gasteiger partial charge is 0.194 e. The topological polar surface area (TPSA) is 71.2 Å². The van der Waals surface area contributed by atoms with Gasteiger partial charge in [-0.1, -0.05) is 3.77 Å². The molecule has 0 saturated heterocycles. The molecule has 0 radical (unpaired) electrons. The summed E-state index contributed by atoms with van der Waals surface area (Å²) in [6, 6.07) is 0. The number of sulfonamides is 1. The lowest BCUT2D eigenvalue weighted by atomic mass is 11.6. The van der Waals surface area contributed by atoms with Gasteiger partial charge in [-0.25, -0.2) is 0 Å². The molecule has 1 aliphatic heterocycles. The van der Waals surface area contributed by atoms with Crippen molar-refractivity contribution in [3.05, 3.63) is 0 Å². The highest BCUT2D eigenvalue weighted by Gasteiger charge is 2.46. The second-order valence-electron chi connectivity index (χ2n) is 1.53. The monoisotopic (exact) mass is 271 g/mol. The van der Waals surface area contributed by atoms with Crippen LogP contribution in [0.15, 0.2) is 11.3 Å². The summed E-state index contributed by atoms with van der Waals surface area (Å²) in [7, 11) is -6.43. The minimum absolute atomic E-state index is 0.589. The first-order valence-electron chi connectivity index (χ1n) is 2.37. The van der Waals surface area contributed by atoms with Crippen molar-refractivity contribution < 1.29 is 21.6 Å².